The summed E-state index contributed by atoms with van der Waals surface area (Å²) in [5.74, 6) is -0.180. The lowest BCUT2D eigenvalue weighted by Gasteiger charge is -2.07. The van der Waals surface area contributed by atoms with Gasteiger partial charge in [-0.3, -0.25) is 4.79 Å². The Morgan fingerprint density at radius 2 is 2.27 bits per heavy atom. The minimum atomic E-state index is -0.449. The maximum Gasteiger partial charge on any atom is 0.249 e. The molecule has 8 heteroatoms. The van der Waals surface area contributed by atoms with Gasteiger partial charge in [-0.25, -0.2) is 0 Å². The molecule has 0 saturated carbocycles. The molecule has 0 aliphatic carbocycles. The summed E-state index contributed by atoms with van der Waals surface area (Å²) in [5.41, 5.74) is 12.5. The van der Waals surface area contributed by atoms with Crippen molar-refractivity contribution in [3.05, 3.63) is 36.0 Å². The van der Waals surface area contributed by atoms with Gasteiger partial charge < -0.3 is 26.7 Å². The predicted octanol–water partition coefficient (Wildman–Crippen LogP) is 0.853. The number of hydrogen-bond acceptors (Lipinski definition) is 6. The highest BCUT2D eigenvalue weighted by molar-refractivity contribution is 6.03. The Kier molecular flexibility index (Phi) is 4.52. The molecule has 0 saturated heterocycles. The summed E-state index contributed by atoms with van der Waals surface area (Å²) in [6.07, 6.45) is 4.06. The normalized spacial score (nSPS) is 10.8. The van der Waals surface area contributed by atoms with Crippen molar-refractivity contribution in [3.63, 3.8) is 0 Å². The second kappa shape index (κ2) is 6.53. The number of carbonyl (C=O) groups excluding carboxylic acids is 1. The molecule has 0 bridgehead atoms. The van der Waals surface area contributed by atoms with Gasteiger partial charge in [0, 0.05) is 17.3 Å². The van der Waals surface area contributed by atoms with E-state index in [1.165, 1.54) is 24.4 Å². The minimum absolute atomic E-state index is 0.0251. The average molecular weight is 303 g/mol. The number of anilines is 3. The lowest BCUT2D eigenvalue weighted by atomic mass is 10.1. The number of nitrogens with zero attached hydrogens (tertiary/aromatic N) is 2. The smallest absolute Gasteiger partial charge is 0.249 e. The van der Waals surface area contributed by atoms with E-state index < -0.39 is 5.91 Å². The lowest BCUT2D eigenvalue weighted by Crippen LogP contribution is -2.19. The molecule has 0 unspecified atom stereocenters. The van der Waals surface area contributed by atoms with Crippen LogP contribution in [0.5, 0.6) is 5.75 Å². The van der Waals surface area contributed by atoms with E-state index in [9.17, 15) is 9.90 Å². The predicted molar refractivity (Wildman–Crippen MR) is 83.9 cm³/mol. The minimum Gasteiger partial charge on any atom is -0.507 e. The fraction of sp³-hybridized carbons (Fsp3) is 0.143. The van der Waals surface area contributed by atoms with E-state index in [0.717, 1.165) is 4.85 Å². The van der Waals surface area contributed by atoms with Gasteiger partial charge in [-0.15, -0.1) is 5.10 Å². The Hall–Kier alpha value is -3.16. The van der Waals surface area contributed by atoms with E-state index in [1.807, 2.05) is 0 Å². The average Bonchev–Trinajstić information content (AvgIpc) is 2.82. The Morgan fingerprint density at radius 1 is 1.50 bits per heavy atom. The first-order chi connectivity index (χ1) is 10.5. The molecule has 0 aliphatic heterocycles. The number of nitrogens with one attached hydrogen (secondary N) is 1. The number of benzene rings is 1. The first-order valence-corrected chi connectivity index (χ1v) is 6.55. The molecule has 1 aromatic carbocycles. The topological polar surface area (TPSA) is 128 Å². The van der Waals surface area contributed by atoms with Crippen LogP contribution in [-0.2, 0) is 4.79 Å². The first kappa shape index (κ1) is 15.2. The second-order valence-corrected chi connectivity index (χ2v) is 4.38. The highest BCUT2D eigenvalue weighted by atomic mass is 16.7. The van der Waals surface area contributed by atoms with Crippen molar-refractivity contribution in [2.45, 2.75) is 6.92 Å². The molecule has 2 rings (SSSR count). The number of phenolic OH excluding ortho intramolecular Hbond substituents is 1. The van der Waals surface area contributed by atoms with E-state index in [4.69, 9.17) is 16.3 Å². The molecular formula is C14H17N5O3. The molecule has 0 fully saturated rings. The summed E-state index contributed by atoms with van der Waals surface area (Å²) < 4.78 is 0. The van der Waals surface area contributed by atoms with Crippen molar-refractivity contribution in [3.8, 4) is 5.75 Å². The molecule has 0 spiro atoms. The largest absolute Gasteiger partial charge is 0.507 e. The van der Waals surface area contributed by atoms with Gasteiger partial charge in [-0.05, 0) is 31.2 Å². The van der Waals surface area contributed by atoms with Gasteiger partial charge in [0.15, 0.2) is 5.82 Å². The van der Waals surface area contributed by atoms with Crippen molar-refractivity contribution in [2.75, 3.05) is 23.4 Å². The zero-order valence-electron chi connectivity index (χ0n) is 12.0. The van der Waals surface area contributed by atoms with Crippen molar-refractivity contribution in [1.82, 2.24) is 9.94 Å². The van der Waals surface area contributed by atoms with Gasteiger partial charge in [-0.1, -0.05) is 4.85 Å². The summed E-state index contributed by atoms with van der Waals surface area (Å²) in [7, 11) is 0. The van der Waals surface area contributed by atoms with Gasteiger partial charge in [0.05, 0.1) is 11.9 Å². The van der Waals surface area contributed by atoms with Gasteiger partial charge in [0.2, 0.25) is 5.91 Å². The molecule has 2 aromatic rings. The van der Waals surface area contributed by atoms with Crippen molar-refractivity contribution >= 4 is 29.2 Å². The van der Waals surface area contributed by atoms with Crippen LogP contribution in [-0.4, -0.2) is 27.6 Å². The van der Waals surface area contributed by atoms with Gasteiger partial charge >= 0.3 is 0 Å². The molecule has 0 atom stereocenters. The van der Waals surface area contributed by atoms with Crippen LogP contribution < -0.4 is 21.6 Å². The number of rotatable bonds is 5. The summed E-state index contributed by atoms with van der Waals surface area (Å²) in [5, 5.41) is 16.1. The molecule has 1 amide bonds. The Morgan fingerprint density at radius 3 is 3.00 bits per heavy atom. The fourth-order valence-electron chi connectivity index (χ4n) is 1.71. The van der Waals surface area contributed by atoms with Gasteiger partial charge in [0.25, 0.3) is 0 Å². The van der Waals surface area contributed by atoms with Crippen molar-refractivity contribution in [2.24, 2.45) is 0 Å². The number of phenols is 1. The third kappa shape index (κ3) is 3.48. The molecule has 6 N–H and O–H groups in total. The van der Waals surface area contributed by atoms with Gasteiger partial charge in [0.1, 0.15) is 12.4 Å². The van der Waals surface area contributed by atoms with Crippen LogP contribution in [0.15, 0.2) is 30.5 Å². The standard InChI is InChI=1S/C14H17N5O3/c1-2-22-19-14(11(16)8-17-19)18-13(21)6-3-9-7-10(15)4-5-12(9)20/h3-8,20H,2,15-16H2,1H3,(H,18,21). The molecule has 116 valence electrons. The van der Waals surface area contributed by atoms with Gasteiger partial charge in [-0.2, -0.15) is 0 Å². The lowest BCUT2D eigenvalue weighted by molar-refractivity contribution is -0.112. The van der Waals surface area contributed by atoms with Crippen LogP contribution in [0.1, 0.15) is 12.5 Å². The molecule has 1 aromatic heterocycles. The van der Waals surface area contributed by atoms with Crippen LogP contribution in [0.3, 0.4) is 0 Å². The Balaban J connectivity index is 2.11. The summed E-state index contributed by atoms with van der Waals surface area (Å²) in [4.78, 5) is 18.3. The highest BCUT2D eigenvalue weighted by Gasteiger charge is 2.11. The van der Waals surface area contributed by atoms with Crippen molar-refractivity contribution in [1.29, 1.82) is 0 Å². The SMILES string of the molecule is CCOn1ncc(N)c1NC(=O)C=Cc1cc(N)ccc1O. The number of carbonyl (C=O) groups is 1. The molecule has 22 heavy (non-hydrogen) atoms. The third-order valence-electron chi connectivity index (χ3n) is 2.73. The molecule has 8 nitrogen and oxygen atoms in total. The second-order valence-electron chi connectivity index (χ2n) is 4.38. The summed E-state index contributed by atoms with van der Waals surface area (Å²) in [6.45, 7) is 2.16. The molecular weight excluding hydrogens is 286 g/mol. The Bertz CT molecular complexity index is 708. The number of amides is 1. The van der Waals surface area contributed by atoms with E-state index in [-0.39, 0.29) is 17.3 Å². The Labute approximate surface area is 126 Å². The molecule has 0 radical (unpaired) electrons. The monoisotopic (exact) mass is 303 g/mol. The number of nitrogens with two attached hydrogens (primary N) is 2. The maximum absolute atomic E-state index is 11.9. The van der Waals surface area contributed by atoms with E-state index in [1.54, 1.807) is 19.1 Å². The first-order valence-electron chi connectivity index (χ1n) is 6.55. The molecule has 1 heterocycles. The summed E-state index contributed by atoms with van der Waals surface area (Å²) in [6, 6.07) is 4.57. The van der Waals surface area contributed by atoms with Crippen LogP contribution >= 0.6 is 0 Å². The van der Waals surface area contributed by atoms with Crippen LogP contribution in [0.25, 0.3) is 6.08 Å². The fourth-order valence-corrected chi connectivity index (χ4v) is 1.71. The van der Waals surface area contributed by atoms with Crippen LogP contribution in [0.2, 0.25) is 0 Å². The number of nitrogen functional groups attached to an aromatic ring is 2. The summed E-state index contributed by atoms with van der Waals surface area (Å²) >= 11 is 0. The number of hydrogen-bond donors (Lipinski definition) is 4. The van der Waals surface area contributed by atoms with Crippen LogP contribution in [0.4, 0.5) is 17.2 Å². The quantitative estimate of drug-likeness (QED) is 0.368. The third-order valence-corrected chi connectivity index (χ3v) is 2.73. The highest BCUT2D eigenvalue weighted by Crippen LogP contribution is 2.21. The van der Waals surface area contributed by atoms with E-state index in [2.05, 4.69) is 10.4 Å². The van der Waals surface area contributed by atoms with Crippen molar-refractivity contribution < 1.29 is 14.7 Å². The van der Waals surface area contributed by atoms with Crippen LogP contribution in [0, 0.1) is 0 Å². The zero-order chi connectivity index (χ0) is 16.1. The van der Waals surface area contributed by atoms with E-state index >= 15 is 0 Å². The zero-order valence-corrected chi connectivity index (χ0v) is 12.0. The number of aromatic hydroxyl groups is 1. The van der Waals surface area contributed by atoms with E-state index in [0.29, 0.717) is 17.9 Å². The number of aromatic nitrogens is 2. The molecule has 0 aliphatic rings. The maximum atomic E-state index is 11.9.